The van der Waals surface area contributed by atoms with Gasteiger partial charge in [0.15, 0.2) is 0 Å². The molecule has 0 aliphatic carbocycles. The van der Waals surface area contributed by atoms with E-state index in [1.807, 2.05) is 0 Å². The van der Waals surface area contributed by atoms with Crippen molar-refractivity contribution < 1.29 is 9.53 Å². The number of hydrogen-bond donors (Lipinski definition) is 1. The number of carbonyl (C=O) groups excluding carboxylic acids is 1. The maximum atomic E-state index is 11.7. The molecule has 1 heterocycles. The summed E-state index contributed by atoms with van der Waals surface area (Å²) in [5, 5.41) is 0.647. The molecule has 0 amide bonds. The van der Waals surface area contributed by atoms with E-state index in [1.165, 1.54) is 0 Å². The Morgan fingerprint density at radius 3 is 2.42 bits per heavy atom. The summed E-state index contributed by atoms with van der Waals surface area (Å²) in [4.78, 5) is 15.7. The quantitative estimate of drug-likeness (QED) is 0.872. The molecule has 2 N–H and O–H groups in total. The van der Waals surface area contributed by atoms with Crippen LogP contribution in [0.2, 0.25) is 5.02 Å². The van der Waals surface area contributed by atoms with Crippen molar-refractivity contribution in [3.05, 3.63) is 64.4 Å². The van der Waals surface area contributed by atoms with Crippen LogP contribution in [0.3, 0.4) is 0 Å². The van der Waals surface area contributed by atoms with Gasteiger partial charge in [0.05, 0.1) is 0 Å². The molecule has 98 valence electrons. The van der Waals surface area contributed by atoms with Crippen LogP contribution >= 0.6 is 11.6 Å². The number of esters is 1. The van der Waals surface area contributed by atoms with Crippen molar-refractivity contribution in [3.8, 4) is 0 Å². The first-order valence-electron chi connectivity index (χ1n) is 5.75. The SMILES string of the molecule is NCc1ccc(C(=O)OCc2ccc(Cl)cc2)nc1. The van der Waals surface area contributed by atoms with Crippen molar-refractivity contribution >= 4 is 17.6 Å². The number of halogens is 1. The number of nitrogens with zero attached hydrogens (tertiary/aromatic N) is 1. The fourth-order valence-corrected chi connectivity index (χ4v) is 1.60. The molecule has 2 aromatic rings. The van der Waals surface area contributed by atoms with Gasteiger partial charge in [0.1, 0.15) is 12.3 Å². The Labute approximate surface area is 116 Å². The molecule has 1 aromatic carbocycles. The van der Waals surface area contributed by atoms with Crippen molar-refractivity contribution in [2.45, 2.75) is 13.2 Å². The van der Waals surface area contributed by atoms with Gasteiger partial charge in [-0.05, 0) is 29.3 Å². The van der Waals surface area contributed by atoms with Crippen LogP contribution in [-0.4, -0.2) is 11.0 Å². The Morgan fingerprint density at radius 1 is 1.16 bits per heavy atom. The highest BCUT2D eigenvalue weighted by Gasteiger charge is 2.08. The lowest BCUT2D eigenvalue weighted by atomic mass is 10.2. The summed E-state index contributed by atoms with van der Waals surface area (Å²) in [7, 11) is 0. The molecule has 0 aliphatic rings. The molecule has 0 saturated carbocycles. The Bertz CT molecular complexity index is 553. The highest BCUT2D eigenvalue weighted by Crippen LogP contribution is 2.11. The molecule has 0 saturated heterocycles. The largest absolute Gasteiger partial charge is 0.456 e. The van der Waals surface area contributed by atoms with E-state index in [4.69, 9.17) is 22.1 Å². The second kappa shape index (κ2) is 6.31. The van der Waals surface area contributed by atoms with Crippen LogP contribution in [-0.2, 0) is 17.9 Å². The summed E-state index contributed by atoms with van der Waals surface area (Å²) in [5.74, 6) is -0.460. The molecule has 0 unspecified atom stereocenters. The standard InChI is InChI=1S/C14H13ClN2O2/c15-12-4-1-10(2-5-12)9-19-14(18)13-6-3-11(7-16)8-17-13/h1-6,8H,7,9,16H2. The van der Waals surface area contributed by atoms with E-state index in [0.717, 1.165) is 11.1 Å². The minimum absolute atomic E-state index is 0.191. The summed E-state index contributed by atoms with van der Waals surface area (Å²) < 4.78 is 5.15. The third kappa shape index (κ3) is 3.77. The lowest BCUT2D eigenvalue weighted by molar-refractivity contribution is 0.0465. The first kappa shape index (κ1) is 13.5. The summed E-state index contributed by atoms with van der Waals surface area (Å²) in [6.07, 6.45) is 1.57. The minimum Gasteiger partial charge on any atom is -0.456 e. The van der Waals surface area contributed by atoms with E-state index >= 15 is 0 Å². The van der Waals surface area contributed by atoms with Gasteiger partial charge in [0.25, 0.3) is 0 Å². The lowest BCUT2D eigenvalue weighted by Crippen LogP contribution is -2.08. The van der Waals surface area contributed by atoms with Crippen LogP contribution in [0.4, 0.5) is 0 Å². The van der Waals surface area contributed by atoms with Crippen molar-refractivity contribution in [1.82, 2.24) is 4.98 Å². The van der Waals surface area contributed by atoms with E-state index in [9.17, 15) is 4.79 Å². The first-order chi connectivity index (χ1) is 9.19. The van der Waals surface area contributed by atoms with Gasteiger partial charge in [-0.15, -0.1) is 0 Å². The number of ether oxygens (including phenoxy) is 1. The number of aromatic nitrogens is 1. The maximum Gasteiger partial charge on any atom is 0.357 e. The number of carbonyl (C=O) groups is 1. The molecule has 0 bridgehead atoms. The Morgan fingerprint density at radius 2 is 1.84 bits per heavy atom. The third-order valence-corrected chi connectivity index (χ3v) is 2.80. The van der Waals surface area contributed by atoms with Gasteiger partial charge in [-0.25, -0.2) is 9.78 Å². The van der Waals surface area contributed by atoms with Crippen molar-refractivity contribution in [2.24, 2.45) is 5.73 Å². The molecule has 4 nitrogen and oxygen atoms in total. The predicted molar refractivity (Wildman–Crippen MR) is 72.7 cm³/mol. The van der Waals surface area contributed by atoms with Crippen LogP contribution in [0.25, 0.3) is 0 Å². The number of pyridine rings is 1. The minimum atomic E-state index is -0.460. The van der Waals surface area contributed by atoms with Crippen LogP contribution in [0.15, 0.2) is 42.6 Å². The zero-order valence-corrected chi connectivity index (χ0v) is 10.9. The van der Waals surface area contributed by atoms with Gasteiger partial charge < -0.3 is 10.5 Å². The number of nitrogens with two attached hydrogens (primary N) is 1. The fraction of sp³-hybridized carbons (Fsp3) is 0.143. The summed E-state index contributed by atoms with van der Waals surface area (Å²) in [6, 6.07) is 10.5. The maximum absolute atomic E-state index is 11.7. The molecule has 19 heavy (non-hydrogen) atoms. The molecular weight excluding hydrogens is 264 g/mol. The number of rotatable bonds is 4. The molecule has 0 fully saturated rings. The molecule has 1 aromatic heterocycles. The van der Waals surface area contributed by atoms with Crippen molar-refractivity contribution in [1.29, 1.82) is 0 Å². The summed E-state index contributed by atoms with van der Waals surface area (Å²) >= 11 is 5.77. The molecule has 0 atom stereocenters. The van der Waals surface area contributed by atoms with E-state index in [2.05, 4.69) is 4.98 Å². The van der Waals surface area contributed by atoms with Crippen LogP contribution in [0.5, 0.6) is 0 Å². The average Bonchev–Trinajstić information content (AvgIpc) is 2.46. The number of hydrogen-bond acceptors (Lipinski definition) is 4. The zero-order chi connectivity index (χ0) is 13.7. The van der Waals surface area contributed by atoms with Gasteiger partial charge in [0.2, 0.25) is 0 Å². The molecule has 2 rings (SSSR count). The number of benzene rings is 1. The van der Waals surface area contributed by atoms with Crippen molar-refractivity contribution in [2.75, 3.05) is 0 Å². The Hall–Kier alpha value is -1.91. The van der Waals surface area contributed by atoms with Crippen LogP contribution in [0, 0.1) is 0 Å². The highest BCUT2D eigenvalue weighted by atomic mass is 35.5. The second-order valence-electron chi connectivity index (χ2n) is 3.96. The van der Waals surface area contributed by atoms with Crippen LogP contribution in [0.1, 0.15) is 21.6 Å². The normalized spacial score (nSPS) is 10.2. The van der Waals surface area contributed by atoms with Gasteiger partial charge in [-0.1, -0.05) is 29.8 Å². The Balaban J connectivity index is 1.95. The van der Waals surface area contributed by atoms with Crippen molar-refractivity contribution in [3.63, 3.8) is 0 Å². The monoisotopic (exact) mass is 276 g/mol. The predicted octanol–water partition coefficient (Wildman–Crippen LogP) is 2.55. The van der Waals surface area contributed by atoms with Crippen LogP contribution < -0.4 is 5.73 Å². The van der Waals surface area contributed by atoms with Gasteiger partial charge in [-0.2, -0.15) is 0 Å². The van der Waals surface area contributed by atoms with Gasteiger partial charge in [0, 0.05) is 17.8 Å². The molecule has 5 heteroatoms. The third-order valence-electron chi connectivity index (χ3n) is 2.55. The van der Waals surface area contributed by atoms with E-state index in [1.54, 1.807) is 42.6 Å². The molecular formula is C14H13ClN2O2. The average molecular weight is 277 g/mol. The molecule has 0 aliphatic heterocycles. The van der Waals surface area contributed by atoms with E-state index in [0.29, 0.717) is 11.6 Å². The molecule has 0 spiro atoms. The second-order valence-corrected chi connectivity index (χ2v) is 4.39. The summed E-state index contributed by atoms with van der Waals surface area (Å²) in [6.45, 7) is 0.587. The Kier molecular flexibility index (Phi) is 4.49. The fourth-order valence-electron chi connectivity index (χ4n) is 1.47. The summed E-state index contributed by atoms with van der Waals surface area (Å²) in [5.41, 5.74) is 7.47. The molecule has 0 radical (unpaired) electrons. The topological polar surface area (TPSA) is 65.2 Å². The van der Waals surface area contributed by atoms with Gasteiger partial charge in [-0.3, -0.25) is 0 Å². The van der Waals surface area contributed by atoms with Gasteiger partial charge >= 0.3 is 5.97 Å². The van der Waals surface area contributed by atoms with E-state index in [-0.39, 0.29) is 12.3 Å². The zero-order valence-electron chi connectivity index (χ0n) is 10.2. The lowest BCUT2D eigenvalue weighted by Gasteiger charge is -2.05. The highest BCUT2D eigenvalue weighted by molar-refractivity contribution is 6.30. The smallest absolute Gasteiger partial charge is 0.357 e. The van der Waals surface area contributed by atoms with E-state index < -0.39 is 5.97 Å². The first-order valence-corrected chi connectivity index (χ1v) is 6.13.